The summed E-state index contributed by atoms with van der Waals surface area (Å²) in [6, 6.07) is 3.81. The number of aromatic nitrogens is 2. The van der Waals surface area contributed by atoms with Gasteiger partial charge in [0.1, 0.15) is 18.1 Å². The number of fused-ring (bicyclic) bond motifs is 1. The van der Waals surface area contributed by atoms with Crippen LogP contribution in [-0.4, -0.2) is 29.3 Å². The first-order valence-electron chi connectivity index (χ1n) is 6.83. The average molecular weight is 349 g/mol. The van der Waals surface area contributed by atoms with Crippen LogP contribution in [0.2, 0.25) is 0 Å². The zero-order valence-corrected chi connectivity index (χ0v) is 13.4. The third-order valence-electron chi connectivity index (χ3n) is 3.11. The number of rotatable bonds is 4. The standard InChI is InChI=1S/C14H11N3O4S2/c18-13(12-11-8(7-23-12)19-3-4-20-11)15-6-10-16-14(21-17-10)9-2-1-5-22-9/h1-2,5,7H,3-4,6H2,(H,15,18). The maximum Gasteiger partial charge on any atom is 0.268 e. The molecule has 0 bridgehead atoms. The van der Waals surface area contributed by atoms with Crippen molar-refractivity contribution >= 4 is 28.6 Å². The Kier molecular flexibility index (Phi) is 3.72. The highest BCUT2D eigenvalue weighted by molar-refractivity contribution is 7.13. The van der Waals surface area contributed by atoms with E-state index in [4.69, 9.17) is 14.0 Å². The van der Waals surface area contributed by atoms with E-state index in [1.54, 1.807) is 5.38 Å². The second-order valence-corrected chi connectivity index (χ2v) is 6.46. The number of carbonyl (C=O) groups excluding carboxylic acids is 1. The summed E-state index contributed by atoms with van der Waals surface area (Å²) in [6.07, 6.45) is 0. The van der Waals surface area contributed by atoms with Gasteiger partial charge in [-0.2, -0.15) is 4.98 Å². The summed E-state index contributed by atoms with van der Waals surface area (Å²) < 4.78 is 16.1. The molecule has 0 atom stereocenters. The highest BCUT2D eigenvalue weighted by Gasteiger charge is 2.23. The van der Waals surface area contributed by atoms with E-state index < -0.39 is 0 Å². The zero-order valence-electron chi connectivity index (χ0n) is 11.8. The Bertz CT molecular complexity index is 825. The Morgan fingerprint density at radius 1 is 1.30 bits per heavy atom. The van der Waals surface area contributed by atoms with Crippen molar-refractivity contribution in [1.29, 1.82) is 0 Å². The fourth-order valence-corrected chi connectivity index (χ4v) is 3.58. The molecule has 0 radical (unpaired) electrons. The van der Waals surface area contributed by atoms with Gasteiger partial charge in [-0.15, -0.1) is 22.7 Å². The summed E-state index contributed by atoms with van der Waals surface area (Å²) in [6.45, 7) is 1.12. The minimum atomic E-state index is -0.246. The Labute approximate surface area is 138 Å². The molecule has 3 aromatic heterocycles. The van der Waals surface area contributed by atoms with Crippen molar-refractivity contribution in [3.63, 3.8) is 0 Å². The third kappa shape index (κ3) is 2.80. The summed E-state index contributed by atoms with van der Waals surface area (Å²) in [7, 11) is 0. The molecule has 3 aromatic rings. The molecule has 0 saturated carbocycles. The molecule has 0 fully saturated rings. The largest absolute Gasteiger partial charge is 0.485 e. The topological polar surface area (TPSA) is 86.5 Å². The molecule has 118 valence electrons. The summed E-state index contributed by atoms with van der Waals surface area (Å²) in [4.78, 5) is 17.9. The molecule has 1 N–H and O–H groups in total. The first-order chi connectivity index (χ1) is 11.3. The molecule has 4 heterocycles. The fraction of sp³-hybridized carbons (Fsp3) is 0.214. The van der Waals surface area contributed by atoms with Crippen molar-refractivity contribution in [1.82, 2.24) is 15.5 Å². The van der Waals surface area contributed by atoms with Crippen molar-refractivity contribution in [2.45, 2.75) is 6.54 Å². The minimum Gasteiger partial charge on any atom is -0.485 e. The quantitative estimate of drug-likeness (QED) is 0.779. The lowest BCUT2D eigenvalue weighted by molar-refractivity contribution is 0.0944. The van der Waals surface area contributed by atoms with Crippen LogP contribution in [-0.2, 0) is 6.54 Å². The zero-order chi connectivity index (χ0) is 15.6. The summed E-state index contributed by atoms with van der Waals surface area (Å²) in [5, 5.41) is 10.3. The van der Waals surface area contributed by atoms with E-state index in [2.05, 4.69) is 15.5 Å². The summed E-state index contributed by atoms with van der Waals surface area (Å²) in [5.41, 5.74) is 0. The highest BCUT2D eigenvalue weighted by atomic mass is 32.1. The molecule has 1 aliphatic heterocycles. The normalized spacial score (nSPS) is 13.0. The predicted molar refractivity (Wildman–Crippen MR) is 84.1 cm³/mol. The molecule has 0 unspecified atom stereocenters. The van der Waals surface area contributed by atoms with Gasteiger partial charge < -0.3 is 19.3 Å². The number of thiophene rings is 2. The monoisotopic (exact) mass is 349 g/mol. The molecule has 1 amide bonds. The minimum absolute atomic E-state index is 0.182. The lowest BCUT2D eigenvalue weighted by Gasteiger charge is -2.15. The Morgan fingerprint density at radius 2 is 2.22 bits per heavy atom. The van der Waals surface area contributed by atoms with Crippen molar-refractivity contribution in [2.24, 2.45) is 0 Å². The lowest BCUT2D eigenvalue weighted by Crippen LogP contribution is -2.24. The van der Waals surface area contributed by atoms with Gasteiger partial charge >= 0.3 is 0 Å². The summed E-state index contributed by atoms with van der Waals surface area (Å²) in [5.74, 6) is 1.75. The van der Waals surface area contributed by atoms with Gasteiger partial charge in [0, 0.05) is 5.38 Å². The molecule has 4 rings (SSSR count). The molecule has 7 nitrogen and oxygen atoms in total. The number of nitrogens with zero attached hydrogens (tertiary/aromatic N) is 2. The van der Waals surface area contributed by atoms with Crippen molar-refractivity contribution in [3.05, 3.63) is 33.6 Å². The summed E-state index contributed by atoms with van der Waals surface area (Å²) >= 11 is 2.80. The van der Waals surface area contributed by atoms with Crippen LogP contribution in [0.1, 0.15) is 15.5 Å². The van der Waals surface area contributed by atoms with Crippen LogP contribution >= 0.6 is 22.7 Å². The van der Waals surface area contributed by atoms with Crippen LogP contribution in [0.4, 0.5) is 0 Å². The predicted octanol–water partition coefficient (Wildman–Crippen LogP) is 2.56. The van der Waals surface area contributed by atoms with Gasteiger partial charge in [0.25, 0.3) is 11.8 Å². The average Bonchev–Trinajstić information content (AvgIpc) is 3.31. The van der Waals surface area contributed by atoms with Crippen molar-refractivity contribution in [2.75, 3.05) is 13.2 Å². The molecule has 0 aliphatic carbocycles. The Hall–Kier alpha value is -2.39. The lowest BCUT2D eigenvalue weighted by atomic mass is 10.3. The fourth-order valence-electron chi connectivity index (χ4n) is 2.09. The van der Waals surface area contributed by atoms with Crippen molar-refractivity contribution < 1.29 is 18.8 Å². The first-order valence-corrected chi connectivity index (χ1v) is 8.59. The van der Waals surface area contributed by atoms with Crippen LogP contribution < -0.4 is 14.8 Å². The van der Waals surface area contributed by atoms with E-state index in [0.717, 1.165) is 4.88 Å². The second kappa shape index (κ2) is 6.01. The Balaban J connectivity index is 1.43. The number of ether oxygens (including phenoxy) is 2. The van der Waals surface area contributed by atoms with Gasteiger partial charge in [0.2, 0.25) is 0 Å². The second-order valence-electron chi connectivity index (χ2n) is 4.63. The molecular formula is C14H11N3O4S2. The number of hydrogen-bond donors (Lipinski definition) is 1. The van der Waals surface area contributed by atoms with Crippen LogP contribution in [0.5, 0.6) is 11.5 Å². The molecule has 0 aromatic carbocycles. The smallest absolute Gasteiger partial charge is 0.268 e. The van der Waals surface area contributed by atoms with Gasteiger partial charge in [-0.05, 0) is 11.4 Å². The van der Waals surface area contributed by atoms with E-state index in [0.29, 0.717) is 41.3 Å². The number of carbonyl (C=O) groups is 1. The Morgan fingerprint density at radius 3 is 3.09 bits per heavy atom. The maximum absolute atomic E-state index is 12.3. The van der Waals surface area contributed by atoms with E-state index in [9.17, 15) is 4.79 Å². The molecule has 1 aliphatic rings. The number of nitrogens with one attached hydrogen (secondary N) is 1. The van der Waals surface area contributed by atoms with E-state index in [1.807, 2.05) is 17.5 Å². The van der Waals surface area contributed by atoms with Crippen molar-refractivity contribution in [3.8, 4) is 22.3 Å². The molecule has 0 spiro atoms. The van der Waals surface area contributed by atoms with Crippen LogP contribution in [0.15, 0.2) is 27.4 Å². The number of amides is 1. The van der Waals surface area contributed by atoms with Gasteiger partial charge in [-0.1, -0.05) is 11.2 Å². The van der Waals surface area contributed by atoms with E-state index in [1.165, 1.54) is 22.7 Å². The van der Waals surface area contributed by atoms with Gasteiger partial charge in [-0.3, -0.25) is 4.79 Å². The maximum atomic E-state index is 12.3. The first kappa shape index (κ1) is 14.2. The van der Waals surface area contributed by atoms with Crippen LogP contribution in [0.3, 0.4) is 0 Å². The van der Waals surface area contributed by atoms with Gasteiger partial charge in [0.15, 0.2) is 17.3 Å². The highest BCUT2D eigenvalue weighted by Crippen LogP contribution is 2.39. The molecule has 23 heavy (non-hydrogen) atoms. The van der Waals surface area contributed by atoms with Gasteiger partial charge in [-0.25, -0.2) is 0 Å². The van der Waals surface area contributed by atoms with Crippen LogP contribution in [0, 0.1) is 0 Å². The third-order valence-corrected chi connectivity index (χ3v) is 4.91. The molecular weight excluding hydrogens is 338 g/mol. The number of hydrogen-bond acceptors (Lipinski definition) is 8. The SMILES string of the molecule is O=C(NCc1noc(-c2cccs2)n1)c1scc2c1OCCO2. The molecule has 0 saturated heterocycles. The van der Waals surface area contributed by atoms with E-state index in [-0.39, 0.29) is 12.5 Å². The molecule has 9 heteroatoms. The van der Waals surface area contributed by atoms with Gasteiger partial charge in [0.05, 0.1) is 11.4 Å². The van der Waals surface area contributed by atoms with E-state index >= 15 is 0 Å². The van der Waals surface area contributed by atoms with Crippen LogP contribution in [0.25, 0.3) is 10.8 Å².